The van der Waals surface area contributed by atoms with E-state index in [1.807, 2.05) is 0 Å². The molecule has 0 spiro atoms. The van der Waals surface area contributed by atoms with Crippen molar-refractivity contribution in [2.45, 2.75) is 12.8 Å². The van der Waals surface area contributed by atoms with Crippen LogP contribution in [0.15, 0.2) is 42.5 Å². The largest absolute Gasteiger partial charge is 0.489 e. The van der Waals surface area contributed by atoms with E-state index >= 15 is 0 Å². The fourth-order valence-electron chi connectivity index (χ4n) is 1.78. The Labute approximate surface area is 122 Å². The van der Waals surface area contributed by atoms with Crippen molar-refractivity contribution in [1.29, 1.82) is 0 Å². The molecular formula is C15H10F4O3. The molecule has 0 radical (unpaired) electrons. The van der Waals surface area contributed by atoms with Crippen LogP contribution in [0.5, 0.6) is 5.75 Å². The monoisotopic (exact) mass is 314 g/mol. The first-order valence-electron chi connectivity index (χ1n) is 6.10. The summed E-state index contributed by atoms with van der Waals surface area (Å²) in [5.41, 5.74) is -2.08. The number of alkyl halides is 3. The molecule has 0 aliphatic heterocycles. The summed E-state index contributed by atoms with van der Waals surface area (Å²) in [7, 11) is 0. The van der Waals surface area contributed by atoms with Gasteiger partial charge in [0.05, 0.1) is 11.1 Å². The molecule has 0 saturated carbocycles. The minimum Gasteiger partial charge on any atom is -0.489 e. The topological polar surface area (TPSA) is 46.5 Å². The first-order chi connectivity index (χ1) is 10.3. The number of halogens is 4. The third kappa shape index (κ3) is 3.55. The molecule has 0 bridgehead atoms. The van der Waals surface area contributed by atoms with Gasteiger partial charge in [-0.1, -0.05) is 30.3 Å². The summed E-state index contributed by atoms with van der Waals surface area (Å²) in [4.78, 5) is 10.9. The molecule has 0 fully saturated rings. The van der Waals surface area contributed by atoms with Gasteiger partial charge in [-0.25, -0.2) is 9.18 Å². The highest BCUT2D eigenvalue weighted by Gasteiger charge is 2.37. The molecular weight excluding hydrogens is 304 g/mol. The normalized spacial score (nSPS) is 11.3. The summed E-state index contributed by atoms with van der Waals surface area (Å²) in [5.74, 6) is -3.99. The van der Waals surface area contributed by atoms with Crippen LogP contribution in [0.4, 0.5) is 17.6 Å². The van der Waals surface area contributed by atoms with Gasteiger partial charge >= 0.3 is 12.1 Å². The van der Waals surface area contributed by atoms with Crippen LogP contribution in [0.1, 0.15) is 21.5 Å². The Hall–Kier alpha value is -2.57. The van der Waals surface area contributed by atoms with Gasteiger partial charge in [-0.05, 0) is 17.7 Å². The van der Waals surface area contributed by atoms with Crippen LogP contribution in [-0.2, 0) is 12.8 Å². The molecule has 0 heterocycles. The second-order valence-electron chi connectivity index (χ2n) is 4.41. The lowest BCUT2D eigenvalue weighted by Gasteiger charge is -2.13. The van der Waals surface area contributed by atoms with E-state index in [2.05, 4.69) is 0 Å². The smallest absolute Gasteiger partial charge is 0.419 e. The van der Waals surface area contributed by atoms with Gasteiger partial charge < -0.3 is 9.84 Å². The summed E-state index contributed by atoms with van der Waals surface area (Å²) in [6.07, 6.45) is -5.01. The fraction of sp³-hybridized carbons (Fsp3) is 0.133. The lowest BCUT2D eigenvalue weighted by atomic mass is 10.1. The van der Waals surface area contributed by atoms with E-state index in [0.29, 0.717) is 11.6 Å². The van der Waals surface area contributed by atoms with Gasteiger partial charge in [0.2, 0.25) is 0 Å². The fourth-order valence-corrected chi connectivity index (χ4v) is 1.78. The molecule has 0 amide bonds. The van der Waals surface area contributed by atoms with Crippen LogP contribution >= 0.6 is 0 Å². The zero-order valence-electron chi connectivity index (χ0n) is 11.0. The van der Waals surface area contributed by atoms with Gasteiger partial charge in [0, 0.05) is 0 Å². The van der Waals surface area contributed by atoms with Crippen LogP contribution in [-0.4, -0.2) is 11.1 Å². The Balaban J connectivity index is 2.35. The second-order valence-corrected chi connectivity index (χ2v) is 4.41. The number of rotatable bonds is 4. The van der Waals surface area contributed by atoms with Crippen molar-refractivity contribution in [2.75, 3.05) is 0 Å². The zero-order chi connectivity index (χ0) is 16.3. The van der Waals surface area contributed by atoms with Gasteiger partial charge in [-0.2, -0.15) is 13.2 Å². The third-order valence-electron chi connectivity index (χ3n) is 2.83. The SMILES string of the molecule is O=C(O)c1cc(OCc2ccccc2)cc(C(F)(F)F)c1F. The zero-order valence-corrected chi connectivity index (χ0v) is 11.0. The van der Waals surface area contributed by atoms with Gasteiger partial charge in [-0.15, -0.1) is 0 Å². The van der Waals surface area contributed by atoms with E-state index < -0.39 is 29.1 Å². The van der Waals surface area contributed by atoms with Crippen molar-refractivity contribution < 1.29 is 32.2 Å². The van der Waals surface area contributed by atoms with Crippen LogP contribution in [0.25, 0.3) is 0 Å². The number of hydrogen-bond donors (Lipinski definition) is 1. The molecule has 0 unspecified atom stereocenters. The Kier molecular flexibility index (Phi) is 4.35. The molecule has 0 saturated heterocycles. The lowest BCUT2D eigenvalue weighted by molar-refractivity contribution is -0.140. The van der Waals surface area contributed by atoms with Crippen molar-refractivity contribution in [2.24, 2.45) is 0 Å². The number of carbonyl (C=O) groups is 1. The standard InChI is InChI=1S/C15H10F4O3/c16-13-11(14(20)21)6-10(7-12(13)15(17,18)19)22-8-9-4-2-1-3-5-9/h1-7H,8H2,(H,20,21). The van der Waals surface area contributed by atoms with Gasteiger partial charge in [0.25, 0.3) is 0 Å². The van der Waals surface area contributed by atoms with Crippen molar-refractivity contribution in [3.05, 3.63) is 65.0 Å². The number of hydrogen-bond acceptors (Lipinski definition) is 2. The number of carboxylic acid groups (broad SMARTS) is 1. The molecule has 0 aliphatic rings. The van der Waals surface area contributed by atoms with Crippen molar-refractivity contribution in [3.63, 3.8) is 0 Å². The Morgan fingerprint density at radius 2 is 1.77 bits per heavy atom. The number of ether oxygens (including phenoxy) is 1. The van der Waals surface area contributed by atoms with Gasteiger partial charge in [0.1, 0.15) is 18.2 Å². The second kappa shape index (κ2) is 6.05. The maximum Gasteiger partial charge on any atom is 0.419 e. The van der Waals surface area contributed by atoms with Crippen LogP contribution in [0.3, 0.4) is 0 Å². The molecule has 2 aromatic carbocycles. The van der Waals surface area contributed by atoms with Gasteiger partial charge in [0.15, 0.2) is 0 Å². The van der Waals surface area contributed by atoms with Gasteiger partial charge in [-0.3, -0.25) is 0 Å². The highest BCUT2D eigenvalue weighted by atomic mass is 19.4. The van der Waals surface area contributed by atoms with Crippen LogP contribution < -0.4 is 4.74 Å². The maximum atomic E-state index is 13.6. The molecule has 0 atom stereocenters. The summed E-state index contributed by atoms with van der Waals surface area (Å²) in [6.45, 7) is -0.0666. The molecule has 2 rings (SSSR count). The average Bonchev–Trinajstić information content (AvgIpc) is 2.45. The molecule has 2 aromatic rings. The summed E-state index contributed by atoms with van der Waals surface area (Å²) < 4.78 is 57.0. The minimum absolute atomic E-state index is 0.0666. The number of aromatic carboxylic acids is 1. The van der Waals surface area contributed by atoms with Crippen LogP contribution in [0.2, 0.25) is 0 Å². The molecule has 7 heteroatoms. The lowest BCUT2D eigenvalue weighted by Crippen LogP contribution is -2.13. The number of carboxylic acids is 1. The Morgan fingerprint density at radius 3 is 2.32 bits per heavy atom. The summed E-state index contributed by atoms with van der Waals surface area (Å²) in [5, 5.41) is 8.80. The Morgan fingerprint density at radius 1 is 1.14 bits per heavy atom. The molecule has 3 nitrogen and oxygen atoms in total. The first-order valence-corrected chi connectivity index (χ1v) is 6.10. The summed E-state index contributed by atoms with van der Waals surface area (Å²) in [6, 6.07) is 9.74. The third-order valence-corrected chi connectivity index (χ3v) is 2.83. The van der Waals surface area contributed by atoms with E-state index in [1.54, 1.807) is 30.3 Å². The van der Waals surface area contributed by atoms with Crippen molar-refractivity contribution in [3.8, 4) is 5.75 Å². The molecule has 1 N–H and O–H groups in total. The van der Waals surface area contributed by atoms with Crippen LogP contribution in [0, 0.1) is 5.82 Å². The highest BCUT2D eigenvalue weighted by Crippen LogP contribution is 2.35. The van der Waals surface area contributed by atoms with E-state index in [1.165, 1.54) is 0 Å². The minimum atomic E-state index is -5.01. The first kappa shape index (κ1) is 15.8. The highest BCUT2D eigenvalue weighted by molar-refractivity contribution is 5.88. The molecule has 0 aliphatic carbocycles. The average molecular weight is 314 g/mol. The predicted octanol–water partition coefficient (Wildman–Crippen LogP) is 4.12. The molecule has 22 heavy (non-hydrogen) atoms. The quantitative estimate of drug-likeness (QED) is 0.864. The molecule has 0 aromatic heterocycles. The van der Waals surface area contributed by atoms with E-state index in [9.17, 15) is 22.4 Å². The van der Waals surface area contributed by atoms with Crippen molar-refractivity contribution >= 4 is 5.97 Å². The van der Waals surface area contributed by atoms with E-state index in [0.717, 1.165) is 6.07 Å². The molecule has 116 valence electrons. The Bertz CT molecular complexity index is 681. The van der Waals surface area contributed by atoms with E-state index in [4.69, 9.17) is 9.84 Å². The number of benzene rings is 2. The predicted molar refractivity (Wildman–Crippen MR) is 69.1 cm³/mol. The maximum absolute atomic E-state index is 13.6. The van der Waals surface area contributed by atoms with Crippen molar-refractivity contribution in [1.82, 2.24) is 0 Å². The summed E-state index contributed by atoms with van der Waals surface area (Å²) >= 11 is 0. The van der Waals surface area contributed by atoms with E-state index in [-0.39, 0.29) is 12.4 Å².